The first-order valence-corrected chi connectivity index (χ1v) is 5.74. The zero-order chi connectivity index (χ0) is 10.7. The molecule has 15 heavy (non-hydrogen) atoms. The van der Waals surface area contributed by atoms with Crippen LogP contribution in [-0.2, 0) is 6.42 Å². The van der Waals surface area contributed by atoms with Crippen LogP contribution in [0.1, 0.15) is 30.5 Å². The summed E-state index contributed by atoms with van der Waals surface area (Å²) in [6.07, 6.45) is 4.73. The second-order valence-corrected chi connectivity index (χ2v) is 4.41. The van der Waals surface area contributed by atoms with E-state index in [4.69, 9.17) is 0 Å². The van der Waals surface area contributed by atoms with Crippen LogP contribution in [0.25, 0.3) is 0 Å². The standard InChI is InChI=1S/C11H19N3O/c1-8-10(13-14-11(8)15)3-2-9-4-6-12-7-5-9/h9,12H,2-7H2,1H3,(H2,13,14,15). The Morgan fingerprint density at radius 2 is 2.00 bits per heavy atom. The summed E-state index contributed by atoms with van der Waals surface area (Å²) in [4.78, 5) is 11.2. The molecular weight excluding hydrogens is 190 g/mol. The van der Waals surface area contributed by atoms with E-state index < -0.39 is 0 Å². The summed E-state index contributed by atoms with van der Waals surface area (Å²) in [6.45, 7) is 4.17. The van der Waals surface area contributed by atoms with E-state index in [9.17, 15) is 4.79 Å². The van der Waals surface area contributed by atoms with Crippen molar-refractivity contribution in [3.8, 4) is 0 Å². The number of H-pyrrole nitrogens is 2. The van der Waals surface area contributed by atoms with E-state index in [2.05, 4.69) is 15.5 Å². The summed E-state index contributed by atoms with van der Waals surface area (Å²) in [7, 11) is 0. The van der Waals surface area contributed by atoms with Crippen molar-refractivity contribution in [1.29, 1.82) is 0 Å². The number of aromatic amines is 2. The average molecular weight is 209 g/mol. The first-order valence-electron chi connectivity index (χ1n) is 5.74. The van der Waals surface area contributed by atoms with Gasteiger partial charge >= 0.3 is 0 Å². The Morgan fingerprint density at radius 1 is 1.27 bits per heavy atom. The highest BCUT2D eigenvalue weighted by molar-refractivity contribution is 5.14. The lowest BCUT2D eigenvalue weighted by atomic mass is 9.92. The molecule has 0 amide bonds. The van der Waals surface area contributed by atoms with Crippen molar-refractivity contribution in [2.75, 3.05) is 13.1 Å². The Labute approximate surface area is 89.5 Å². The summed E-state index contributed by atoms with van der Waals surface area (Å²) in [5.41, 5.74) is 1.96. The molecule has 3 N–H and O–H groups in total. The van der Waals surface area contributed by atoms with Gasteiger partial charge in [-0.2, -0.15) is 0 Å². The Hall–Kier alpha value is -1.03. The van der Waals surface area contributed by atoms with Crippen LogP contribution in [0.5, 0.6) is 0 Å². The van der Waals surface area contributed by atoms with Gasteiger partial charge in [-0.1, -0.05) is 0 Å². The molecule has 1 aliphatic rings. The molecule has 0 spiro atoms. The molecule has 1 aromatic heterocycles. The maximum atomic E-state index is 11.2. The van der Waals surface area contributed by atoms with Gasteiger partial charge in [0.15, 0.2) is 0 Å². The lowest BCUT2D eigenvalue weighted by Crippen LogP contribution is -2.27. The van der Waals surface area contributed by atoms with Crippen molar-refractivity contribution < 1.29 is 0 Å². The molecule has 1 fully saturated rings. The Bertz CT molecular complexity index is 360. The molecule has 1 aromatic rings. The van der Waals surface area contributed by atoms with Crippen LogP contribution in [0, 0.1) is 12.8 Å². The summed E-state index contributed by atoms with van der Waals surface area (Å²) in [5.74, 6) is 0.823. The molecule has 4 nitrogen and oxygen atoms in total. The Kier molecular flexibility index (Phi) is 3.26. The molecule has 2 rings (SSSR count). The van der Waals surface area contributed by atoms with Crippen LogP contribution in [0.15, 0.2) is 4.79 Å². The van der Waals surface area contributed by atoms with Crippen molar-refractivity contribution in [2.24, 2.45) is 5.92 Å². The monoisotopic (exact) mass is 209 g/mol. The number of nitrogens with one attached hydrogen (secondary N) is 3. The van der Waals surface area contributed by atoms with Gasteiger partial charge in [0.25, 0.3) is 5.56 Å². The quantitative estimate of drug-likeness (QED) is 0.694. The molecule has 0 aliphatic carbocycles. The van der Waals surface area contributed by atoms with Gasteiger partial charge in [0.1, 0.15) is 0 Å². The number of piperidine rings is 1. The number of rotatable bonds is 3. The predicted molar refractivity (Wildman–Crippen MR) is 60.1 cm³/mol. The molecule has 0 saturated carbocycles. The number of aryl methyl sites for hydroxylation is 1. The molecule has 0 radical (unpaired) electrons. The molecule has 2 heterocycles. The normalized spacial score (nSPS) is 18.2. The predicted octanol–water partition coefficient (Wildman–Crippen LogP) is 0.944. The molecular formula is C11H19N3O. The lowest BCUT2D eigenvalue weighted by molar-refractivity contribution is 0.353. The van der Waals surface area contributed by atoms with E-state index in [1.54, 1.807) is 0 Å². The molecule has 1 aliphatic heterocycles. The molecule has 84 valence electrons. The highest BCUT2D eigenvalue weighted by Crippen LogP contribution is 2.18. The van der Waals surface area contributed by atoms with E-state index in [0.717, 1.165) is 36.7 Å². The van der Waals surface area contributed by atoms with E-state index >= 15 is 0 Å². The molecule has 0 atom stereocenters. The summed E-state index contributed by atoms with van der Waals surface area (Å²) in [6, 6.07) is 0. The third-order valence-corrected chi connectivity index (χ3v) is 3.38. The van der Waals surface area contributed by atoms with Crippen LogP contribution in [-0.4, -0.2) is 23.3 Å². The number of hydrogen-bond acceptors (Lipinski definition) is 2. The summed E-state index contributed by atoms with van der Waals surface area (Å²) < 4.78 is 0. The van der Waals surface area contributed by atoms with Crippen molar-refractivity contribution >= 4 is 0 Å². The van der Waals surface area contributed by atoms with Gasteiger partial charge < -0.3 is 10.4 Å². The van der Waals surface area contributed by atoms with Gasteiger partial charge in [-0.15, -0.1) is 0 Å². The fourth-order valence-corrected chi connectivity index (χ4v) is 2.23. The Balaban J connectivity index is 1.87. The summed E-state index contributed by atoms with van der Waals surface area (Å²) in [5, 5.41) is 8.96. The molecule has 0 bridgehead atoms. The van der Waals surface area contributed by atoms with Crippen molar-refractivity contribution in [3.63, 3.8) is 0 Å². The zero-order valence-corrected chi connectivity index (χ0v) is 9.23. The lowest BCUT2D eigenvalue weighted by Gasteiger charge is -2.22. The van der Waals surface area contributed by atoms with Gasteiger partial charge in [-0.25, -0.2) is 0 Å². The SMILES string of the molecule is Cc1c(CCC2CCNCC2)[nH][nH]c1=O. The van der Waals surface area contributed by atoms with Crippen LogP contribution in [0.4, 0.5) is 0 Å². The van der Waals surface area contributed by atoms with Gasteiger partial charge in [0.05, 0.1) is 0 Å². The van der Waals surface area contributed by atoms with Crippen LogP contribution in [0.3, 0.4) is 0 Å². The first kappa shape index (κ1) is 10.5. The van der Waals surface area contributed by atoms with Crippen LogP contribution < -0.4 is 10.9 Å². The van der Waals surface area contributed by atoms with Gasteiger partial charge in [-0.05, 0) is 51.6 Å². The van der Waals surface area contributed by atoms with E-state index in [-0.39, 0.29) is 5.56 Å². The fraction of sp³-hybridized carbons (Fsp3) is 0.727. The molecule has 1 saturated heterocycles. The van der Waals surface area contributed by atoms with Crippen LogP contribution >= 0.6 is 0 Å². The number of hydrogen-bond donors (Lipinski definition) is 3. The second-order valence-electron chi connectivity index (χ2n) is 4.41. The molecule has 0 unspecified atom stereocenters. The van der Waals surface area contributed by atoms with Crippen LogP contribution in [0.2, 0.25) is 0 Å². The molecule has 4 heteroatoms. The third-order valence-electron chi connectivity index (χ3n) is 3.38. The van der Waals surface area contributed by atoms with Crippen molar-refractivity contribution in [1.82, 2.24) is 15.5 Å². The van der Waals surface area contributed by atoms with E-state index in [1.165, 1.54) is 19.3 Å². The third kappa shape index (κ3) is 2.50. The average Bonchev–Trinajstić information content (AvgIpc) is 2.59. The zero-order valence-electron chi connectivity index (χ0n) is 9.23. The minimum absolute atomic E-state index is 0.0234. The minimum Gasteiger partial charge on any atom is -0.317 e. The maximum Gasteiger partial charge on any atom is 0.267 e. The van der Waals surface area contributed by atoms with E-state index in [0.29, 0.717) is 0 Å². The summed E-state index contributed by atoms with van der Waals surface area (Å²) >= 11 is 0. The smallest absolute Gasteiger partial charge is 0.267 e. The van der Waals surface area contributed by atoms with Gasteiger partial charge in [-0.3, -0.25) is 9.89 Å². The minimum atomic E-state index is 0.0234. The van der Waals surface area contributed by atoms with Crippen molar-refractivity contribution in [3.05, 3.63) is 21.6 Å². The van der Waals surface area contributed by atoms with E-state index in [1.807, 2.05) is 6.92 Å². The topological polar surface area (TPSA) is 60.7 Å². The molecule has 0 aromatic carbocycles. The van der Waals surface area contributed by atoms with Gasteiger partial charge in [0.2, 0.25) is 0 Å². The number of aromatic nitrogens is 2. The van der Waals surface area contributed by atoms with Crippen molar-refractivity contribution in [2.45, 2.75) is 32.6 Å². The largest absolute Gasteiger partial charge is 0.317 e. The highest BCUT2D eigenvalue weighted by atomic mass is 16.1. The Morgan fingerprint density at radius 3 is 2.60 bits per heavy atom. The van der Waals surface area contributed by atoms with Gasteiger partial charge in [0, 0.05) is 11.3 Å². The fourth-order valence-electron chi connectivity index (χ4n) is 2.23. The highest BCUT2D eigenvalue weighted by Gasteiger charge is 2.14. The first-order chi connectivity index (χ1) is 7.27. The maximum absolute atomic E-state index is 11.2. The second kappa shape index (κ2) is 4.66.